The summed E-state index contributed by atoms with van der Waals surface area (Å²) in [6.07, 6.45) is 3.86. The van der Waals surface area contributed by atoms with Crippen molar-refractivity contribution in [1.29, 1.82) is 0 Å². The zero-order valence-corrected chi connectivity index (χ0v) is 19.9. The van der Waals surface area contributed by atoms with E-state index in [1.807, 2.05) is 18.2 Å². The molecule has 1 aliphatic rings. The molecule has 36 heavy (non-hydrogen) atoms. The van der Waals surface area contributed by atoms with Gasteiger partial charge in [-0.25, -0.2) is 4.98 Å². The van der Waals surface area contributed by atoms with Gasteiger partial charge in [0.2, 0.25) is 0 Å². The zero-order chi connectivity index (χ0) is 25.2. The van der Waals surface area contributed by atoms with Crippen molar-refractivity contribution in [3.8, 4) is 11.5 Å². The highest BCUT2D eigenvalue weighted by Crippen LogP contribution is 2.28. The molecule has 0 saturated carbocycles. The minimum atomic E-state index is -0.334. The summed E-state index contributed by atoms with van der Waals surface area (Å²) in [5, 5.41) is 0.411. The number of aryl methyl sites for hydroxylation is 1. The molecule has 0 unspecified atom stereocenters. The molecular formula is C27H24N4O5. The van der Waals surface area contributed by atoms with Gasteiger partial charge in [0.1, 0.15) is 5.82 Å². The lowest BCUT2D eigenvalue weighted by molar-refractivity contribution is 0.0655. The van der Waals surface area contributed by atoms with Gasteiger partial charge in [-0.05, 0) is 42.3 Å². The molecule has 5 rings (SSSR count). The average molecular weight is 485 g/mol. The molecule has 2 aromatic heterocycles. The van der Waals surface area contributed by atoms with E-state index in [1.54, 1.807) is 55.3 Å². The highest BCUT2D eigenvalue weighted by molar-refractivity contribution is 6.21. The highest BCUT2D eigenvalue weighted by atomic mass is 16.5. The molecule has 0 radical (unpaired) electrons. The average Bonchev–Trinajstić information content (AvgIpc) is 3.16. The number of aromatic nitrogens is 3. The second-order valence-corrected chi connectivity index (χ2v) is 8.37. The molecule has 4 aromatic rings. The maximum atomic E-state index is 13.4. The third-order valence-corrected chi connectivity index (χ3v) is 6.34. The molecule has 0 N–H and O–H groups in total. The summed E-state index contributed by atoms with van der Waals surface area (Å²) < 4.78 is 12.3. The number of rotatable bonds is 8. The van der Waals surface area contributed by atoms with Gasteiger partial charge < -0.3 is 9.47 Å². The summed E-state index contributed by atoms with van der Waals surface area (Å²) in [4.78, 5) is 49.0. The molecule has 0 fully saturated rings. The molecule has 0 saturated heterocycles. The van der Waals surface area contributed by atoms with Crippen molar-refractivity contribution in [3.05, 3.63) is 93.8 Å². The van der Waals surface area contributed by atoms with E-state index in [1.165, 1.54) is 11.1 Å². The number of benzene rings is 2. The smallest absolute Gasteiger partial charge is 0.262 e. The maximum absolute atomic E-state index is 13.4. The number of carbonyl (C=O) groups excluding carboxylic acids is 2. The van der Waals surface area contributed by atoms with Gasteiger partial charge in [-0.15, -0.1) is 0 Å². The van der Waals surface area contributed by atoms with Crippen LogP contribution in [0.3, 0.4) is 0 Å². The molecule has 9 nitrogen and oxygen atoms in total. The highest BCUT2D eigenvalue weighted by Gasteiger charge is 2.34. The maximum Gasteiger partial charge on any atom is 0.262 e. The molecule has 1 aliphatic heterocycles. The van der Waals surface area contributed by atoms with Crippen molar-refractivity contribution in [1.82, 2.24) is 19.4 Å². The molecule has 3 heterocycles. The summed E-state index contributed by atoms with van der Waals surface area (Å²) >= 11 is 0. The van der Waals surface area contributed by atoms with Crippen molar-refractivity contribution in [3.63, 3.8) is 0 Å². The van der Waals surface area contributed by atoms with Crippen LogP contribution in [-0.2, 0) is 19.4 Å². The van der Waals surface area contributed by atoms with Gasteiger partial charge in [0, 0.05) is 31.9 Å². The van der Waals surface area contributed by atoms with E-state index in [4.69, 9.17) is 14.5 Å². The van der Waals surface area contributed by atoms with Gasteiger partial charge in [-0.3, -0.25) is 28.8 Å². The van der Waals surface area contributed by atoms with Crippen LogP contribution in [0, 0.1) is 0 Å². The van der Waals surface area contributed by atoms with Crippen LogP contribution < -0.4 is 15.0 Å². The lowest BCUT2D eigenvalue weighted by Gasteiger charge is -2.17. The molecule has 2 aromatic carbocycles. The predicted molar refractivity (Wildman–Crippen MR) is 133 cm³/mol. The number of fused-ring (bicyclic) bond motifs is 2. The number of amides is 2. The summed E-state index contributed by atoms with van der Waals surface area (Å²) in [5.41, 5.74) is 2.05. The van der Waals surface area contributed by atoms with E-state index in [9.17, 15) is 14.4 Å². The number of hydrogen-bond donors (Lipinski definition) is 0. The number of hydrogen-bond acceptors (Lipinski definition) is 7. The first kappa shape index (κ1) is 23.2. The Balaban J connectivity index is 1.44. The van der Waals surface area contributed by atoms with Gasteiger partial charge in [-0.2, -0.15) is 0 Å². The molecule has 0 bridgehead atoms. The molecule has 0 atom stereocenters. The van der Waals surface area contributed by atoms with Gasteiger partial charge in [0.05, 0.1) is 36.2 Å². The van der Waals surface area contributed by atoms with E-state index in [0.29, 0.717) is 52.3 Å². The van der Waals surface area contributed by atoms with Crippen molar-refractivity contribution in [2.75, 3.05) is 20.8 Å². The first-order valence-corrected chi connectivity index (χ1v) is 11.5. The Bertz CT molecular complexity index is 1510. The Morgan fingerprint density at radius 1 is 0.833 bits per heavy atom. The fraction of sp³-hybridized carbons (Fsp3) is 0.222. The second kappa shape index (κ2) is 9.61. The Kier molecular flexibility index (Phi) is 6.20. The van der Waals surface area contributed by atoms with Crippen LogP contribution in [0.15, 0.2) is 65.7 Å². The number of carbonyl (C=O) groups is 2. The topological polar surface area (TPSA) is 104 Å². The standard InChI is InChI=1S/C27H24N4O5/c1-35-22-8-7-17(15-23(22)36-2)10-13-30-24(29-21-9-12-28-16-20(21)27(30)34)11-14-31-25(32)18-5-3-4-6-19(18)26(31)33/h3-9,12,15-16H,10-11,13-14H2,1-2H3. The van der Waals surface area contributed by atoms with E-state index >= 15 is 0 Å². The van der Waals surface area contributed by atoms with Gasteiger partial charge in [0.15, 0.2) is 11.5 Å². The lowest BCUT2D eigenvalue weighted by atomic mass is 10.1. The fourth-order valence-electron chi connectivity index (χ4n) is 4.46. The van der Waals surface area contributed by atoms with Crippen LogP contribution in [0.4, 0.5) is 0 Å². The molecule has 0 aliphatic carbocycles. The van der Waals surface area contributed by atoms with Crippen LogP contribution in [0.2, 0.25) is 0 Å². The quantitative estimate of drug-likeness (QED) is 0.354. The summed E-state index contributed by atoms with van der Waals surface area (Å²) in [6.45, 7) is 0.468. The van der Waals surface area contributed by atoms with Crippen molar-refractivity contribution < 1.29 is 19.1 Å². The third kappa shape index (κ3) is 4.08. The van der Waals surface area contributed by atoms with E-state index < -0.39 is 0 Å². The first-order chi connectivity index (χ1) is 17.5. The van der Waals surface area contributed by atoms with Gasteiger partial charge in [-0.1, -0.05) is 18.2 Å². The van der Waals surface area contributed by atoms with Crippen molar-refractivity contribution in [2.45, 2.75) is 19.4 Å². The molecule has 2 amide bonds. The molecule has 182 valence electrons. The second-order valence-electron chi connectivity index (χ2n) is 8.37. The monoisotopic (exact) mass is 484 g/mol. The number of methoxy groups -OCH3 is 2. The summed E-state index contributed by atoms with van der Waals surface area (Å²) in [6, 6.07) is 14.1. The van der Waals surface area contributed by atoms with Crippen LogP contribution >= 0.6 is 0 Å². The summed E-state index contributed by atoms with van der Waals surface area (Å²) in [7, 11) is 3.15. The Hall–Kier alpha value is -4.53. The van der Waals surface area contributed by atoms with Gasteiger partial charge >= 0.3 is 0 Å². The Labute approximate surface area is 206 Å². The van der Waals surface area contributed by atoms with Gasteiger partial charge in [0.25, 0.3) is 17.4 Å². The number of nitrogens with zero attached hydrogens (tertiary/aromatic N) is 4. The van der Waals surface area contributed by atoms with E-state index in [0.717, 1.165) is 5.56 Å². The summed E-state index contributed by atoms with van der Waals surface area (Å²) in [5.74, 6) is 1.06. The number of imide groups is 1. The normalized spacial score (nSPS) is 12.8. The molecular weight excluding hydrogens is 460 g/mol. The fourth-order valence-corrected chi connectivity index (χ4v) is 4.46. The lowest BCUT2D eigenvalue weighted by Crippen LogP contribution is -2.34. The molecule has 0 spiro atoms. The van der Waals surface area contributed by atoms with E-state index in [-0.39, 0.29) is 30.3 Å². The van der Waals surface area contributed by atoms with E-state index in [2.05, 4.69) is 4.98 Å². The van der Waals surface area contributed by atoms with Crippen LogP contribution in [-0.4, -0.2) is 52.0 Å². The number of pyridine rings is 1. The van der Waals surface area contributed by atoms with Crippen LogP contribution in [0.25, 0.3) is 10.9 Å². The largest absolute Gasteiger partial charge is 0.493 e. The zero-order valence-electron chi connectivity index (χ0n) is 19.9. The van der Waals surface area contributed by atoms with Crippen molar-refractivity contribution in [2.24, 2.45) is 0 Å². The van der Waals surface area contributed by atoms with Crippen molar-refractivity contribution >= 4 is 22.7 Å². The van der Waals surface area contributed by atoms with Crippen LogP contribution in [0.5, 0.6) is 11.5 Å². The minimum Gasteiger partial charge on any atom is -0.493 e. The Morgan fingerprint density at radius 2 is 1.56 bits per heavy atom. The third-order valence-electron chi connectivity index (χ3n) is 6.34. The minimum absolute atomic E-state index is 0.117. The SMILES string of the molecule is COc1ccc(CCn2c(CCN3C(=O)c4ccccc4C3=O)nc3ccncc3c2=O)cc1OC. The van der Waals surface area contributed by atoms with Crippen LogP contribution in [0.1, 0.15) is 32.1 Å². The molecule has 9 heteroatoms. The Morgan fingerprint density at radius 3 is 2.25 bits per heavy atom. The number of ether oxygens (including phenoxy) is 2. The first-order valence-electron chi connectivity index (χ1n) is 11.5. The predicted octanol–water partition coefficient (Wildman–Crippen LogP) is 2.89.